The standard InChI is InChI=1S/C16H30N2O5/c1-15(2,3)22-13(20)17-12-9-18(8-7-11(12)10-19)14(21)23-16(4,5)6/h11-12,19H,7-10H2,1-6H3,(H,17,20)/t11-,12-/m1/s1. The van der Waals surface area contributed by atoms with Crippen LogP contribution in [-0.4, -0.2) is 59.1 Å². The summed E-state index contributed by atoms with van der Waals surface area (Å²) in [5.41, 5.74) is -1.17. The van der Waals surface area contributed by atoms with Gasteiger partial charge in [0, 0.05) is 25.6 Å². The zero-order valence-corrected chi connectivity index (χ0v) is 15.0. The molecule has 0 aromatic carbocycles. The molecule has 0 aromatic rings. The van der Waals surface area contributed by atoms with Crippen LogP contribution >= 0.6 is 0 Å². The SMILES string of the molecule is CC(C)(C)OC(=O)N[C@@H]1CN(C(=O)OC(C)(C)C)CC[C@@H]1CO. The molecule has 0 unspecified atom stereocenters. The lowest BCUT2D eigenvalue weighted by Gasteiger charge is -2.38. The molecule has 0 aliphatic carbocycles. The fraction of sp³-hybridized carbons (Fsp3) is 0.875. The van der Waals surface area contributed by atoms with Gasteiger partial charge in [-0.1, -0.05) is 0 Å². The molecule has 2 N–H and O–H groups in total. The number of rotatable bonds is 2. The van der Waals surface area contributed by atoms with Crippen LogP contribution in [0.1, 0.15) is 48.0 Å². The summed E-state index contributed by atoms with van der Waals surface area (Å²) in [7, 11) is 0. The van der Waals surface area contributed by atoms with Crippen molar-refractivity contribution in [1.82, 2.24) is 10.2 Å². The minimum Gasteiger partial charge on any atom is -0.444 e. The Morgan fingerprint density at radius 2 is 1.70 bits per heavy atom. The van der Waals surface area contributed by atoms with Crippen LogP contribution in [0.5, 0.6) is 0 Å². The van der Waals surface area contributed by atoms with Crippen LogP contribution in [0.2, 0.25) is 0 Å². The molecule has 0 saturated carbocycles. The van der Waals surface area contributed by atoms with E-state index in [0.29, 0.717) is 19.5 Å². The van der Waals surface area contributed by atoms with E-state index in [2.05, 4.69) is 5.32 Å². The number of piperidine rings is 1. The Balaban J connectivity index is 2.68. The van der Waals surface area contributed by atoms with Crippen LogP contribution in [0.25, 0.3) is 0 Å². The number of aliphatic hydroxyl groups is 1. The molecule has 1 saturated heterocycles. The summed E-state index contributed by atoms with van der Waals surface area (Å²) in [5, 5.41) is 12.2. The molecular weight excluding hydrogens is 300 g/mol. The van der Waals surface area contributed by atoms with E-state index in [4.69, 9.17) is 9.47 Å². The molecule has 0 radical (unpaired) electrons. The molecule has 0 aromatic heterocycles. The summed E-state index contributed by atoms with van der Waals surface area (Å²) < 4.78 is 10.6. The van der Waals surface area contributed by atoms with Crippen LogP contribution in [0.15, 0.2) is 0 Å². The number of nitrogens with zero attached hydrogens (tertiary/aromatic N) is 1. The highest BCUT2D eigenvalue weighted by atomic mass is 16.6. The highest BCUT2D eigenvalue weighted by molar-refractivity contribution is 5.70. The van der Waals surface area contributed by atoms with Crippen LogP contribution in [0, 0.1) is 5.92 Å². The Morgan fingerprint density at radius 1 is 1.13 bits per heavy atom. The molecule has 23 heavy (non-hydrogen) atoms. The van der Waals surface area contributed by atoms with Gasteiger partial charge in [-0.05, 0) is 48.0 Å². The summed E-state index contributed by atoms with van der Waals surface area (Å²) in [6.45, 7) is 11.5. The van der Waals surface area contributed by atoms with E-state index < -0.39 is 23.4 Å². The predicted octanol–water partition coefficient (Wildman–Crippen LogP) is 2.13. The number of ether oxygens (including phenoxy) is 2. The van der Waals surface area contributed by atoms with E-state index in [-0.39, 0.29) is 18.6 Å². The molecule has 2 amide bonds. The molecule has 0 spiro atoms. The van der Waals surface area contributed by atoms with Gasteiger partial charge in [0.2, 0.25) is 0 Å². The third-order valence-electron chi connectivity index (χ3n) is 3.34. The monoisotopic (exact) mass is 330 g/mol. The van der Waals surface area contributed by atoms with Crippen molar-refractivity contribution >= 4 is 12.2 Å². The maximum absolute atomic E-state index is 12.2. The van der Waals surface area contributed by atoms with Gasteiger partial charge in [-0.15, -0.1) is 0 Å². The van der Waals surface area contributed by atoms with Crippen LogP contribution in [-0.2, 0) is 9.47 Å². The molecule has 7 nitrogen and oxygen atoms in total. The van der Waals surface area contributed by atoms with Gasteiger partial charge in [0.15, 0.2) is 0 Å². The number of aliphatic hydroxyl groups excluding tert-OH is 1. The maximum Gasteiger partial charge on any atom is 0.410 e. The summed E-state index contributed by atoms with van der Waals surface area (Å²) >= 11 is 0. The third-order valence-corrected chi connectivity index (χ3v) is 3.34. The lowest BCUT2D eigenvalue weighted by molar-refractivity contribution is 0.00628. The molecule has 1 aliphatic heterocycles. The van der Waals surface area contributed by atoms with Crippen LogP contribution in [0.4, 0.5) is 9.59 Å². The Hall–Kier alpha value is -1.50. The number of amides is 2. The Bertz CT molecular complexity index is 425. The lowest BCUT2D eigenvalue weighted by atomic mass is 9.92. The first kappa shape index (κ1) is 19.5. The van der Waals surface area contributed by atoms with Crippen molar-refractivity contribution in [1.29, 1.82) is 0 Å². The fourth-order valence-corrected chi connectivity index (χ4v) is 2.33. The van der Waals surface area contributed by atoms with Gasteiger partial charge < -0.3 is 24.8 Å². The first-order chi connectivity index (χ1) is 10.4. The quantitative estimate of drug-likeness (QED) is 0.810. The zero-order chi connectivity index (χ0) is 17.8. The van der Waals surface area contributed by atoms with Gasteiger partial charge in [-0.3, -0.25) is 0 Å². The van der Waals surface area contributed by atoms with E-state index in [1.165, 1.54) is 0 Å². The number of carbonyl (C=O) groups is 2. The van der Waals surface area contributed by atoms with Gasteiger partial charge in [-0.2, -0.15) is 0 Å². The van der Waals surface area contributed by atoms with Crippen molar-refractivity contribution in [3.63, 3.8) is 0 Å². The number of carbonyl (C=O) groups excluding carboxylic acids is 2. The molecule has 1 fully saturated rings. The summed E-state index contributed by atoms with van der Waals surface area (Å²) in [4.78, 5) is 25.7. The number of hydrogen-bond donors (Lipinski definition) is 2. The first-order valence-corrected chi connectivity index (χ1v) is 7.99. The zero-order valence-electron chi connectivity index (χ0n) is 15.0. The second-order valence-corrected chi connectivity index (χ2v) is 7.91. The van der Waals surface area contributed by atoms with Gasteiger partial charge in [0.05, 0.1) is 6.04 Å². The second kappa shape index (κ2) is 7.38. The van der Waals surface area contributed by atoms with Crippen molar-refractivity contribution < 1.29 is 24.2 Å². The van der Waals surface area contributed by atoms with Crippen molar-refractivity contribution in [3.05, 3.63) is 0 Å². The topological polar surface area (TPSA) is 88.1 Å². The van der Waals surface area contributed by atoms with Gasteiger partial charge in [-0.25, -0.2) is 9.59 Å². The smallest absolute Gasteiger partial charge is 0.410 e. The van der Waals surface area contributed by atoms with Crippen molar-refractivity contribution in [2.75, 3.05) is 19.7 Å². The predicted molar refractivity (Wildman–Crippen MR) is 86.2 cm³/mol. The van der Waals surface area contributed by atoms with Gasteiger partial charge in [0.25, 0.3) is 0 Å². The minimum absolute atomic E-state index is 0.0530. The number of nitrogens with one attached hydrogen (secondary N) is 1. The average molecular weight is 330 g/mol. The van der Waals surface area contributed by atoms with E-state index in [1.807, 2.05) is 20.8 Å². The molecule has 7 heteroatoms. The summed E-state index contributed by atoms with van der Waals surface area (Å²) in [6.07, 6.45) is -0.368. The van der Waals surface area contributed by atoms with E-state index in [1.54, 1.807) is 25.7 Å². The number of hydrogen-bond acceptors (Lipinski definition) is 5. The lowest BCUT2D eigenvalue weighted by Crippen LogP contribution is -2.56. The molecule has 2 atom stereocenters. The Morgan fingerprint density at radius 3 is 2.17 bits per heavy atom. The third kappa shape index (κ3) is 7.07. The van der Waals surface area contributed by atoms with Crippen LogP contribution in [0.3, 0.4) is 0 Å². The largest absolute Gasteiger partial charge is 0.444 e. The van der Waals surface area contributed by atoms with E-state index >= 15 is 0 Å². The van der Waals surface area contributed by atoms with E-state index in [0.717, 1.165) is 0 Å². The Labute approximate surface area is 138 Å². The highest BCUT2D eigenvalue weighted by Gasteiger charge is 2.34. The fourth-order valence-electron chi connectivity index (χ4n) is 2.33. The van der Waals surface area contributed by atoms with Crippen molar-refractivity contribution in [3.8, 4) is 0 Å². The molecule has 1 heterocycles. The molecular formula is C16H30N2O5. The average Bonchev–Trinajstić information content (AvgIpc) is 2.34. The molecule has 1 rings (SSSR count). The second-order valence-electron chi connectivity index (χ2n) is 7.91. The Kier molecular flexibility index (Phi) is 6.27. The minimum atomic E-state index is -0.599. The number of likely N-dealkylation sites (tertiary alicyclic amines) is 1. The van der Waals surface area contributed by atoms with E-state index in [9.17, 15) is 14.7 Å². The first-order valence-electron chi connectivity index (χ1n) is 7.99. The van der Waals surface area contributed by atoms with Gasteiger partial charge >= 0.3 is 12.2 Å². The van der Waals surface area contributed by atoms with Crippen LogP contribution < -0.4 is 5.32 Å². The van der Waals surface area contributed by atoms with Crippen molar-refractivity contribution in [2.45, 2.75) is 65.2 Å². The molecule has 134 valence electrons. The van der Waals surface area contributed by atoms with Crippen molar-refractivity contribution in [2.24, 2.45) is 5.92 Å². The normalized spacial score (nSPS) is 22.5. The number of alkyl carbamates (subject to hydrolysis) is 1. The summed E-state index contributed by atoms with van der Waals surface area (Å²) in [6, 6.07) is -0.365. The highest BCUT2D eigenvalue weighted by Crippen LogP contribution is 2.20. The summed E-state index contributed by atoms with van der Waals surface area (Å²) in [5.74, 6) is -0.110. The van der Waals surface area contributed by atoms with Gasteiger partial charge in [0.1, 0.15) is 11.2 Å². The molecule has 1 aliphatic rings. The maximum atomic E-state index is 12.2. The molecule has 0 bridgehead atoms.